The van der Waals surface area contributed by atoms with Gasteiger partial charge in [-0.1, -0.05) is 61.3 Å². The topological polar surface area (TPSA) is 64.0 Å². The highest BCUT2D eigenvalue weighted by molar-refractivity contribution is 6.41. The zero-order chi connectivity index (χ0) is 18.6. The van der Waals surface area contributed by atoms with Gasteiger partial charge < -0.3 is 5.32 Å². The van der Waals surface area contributed by atoms with Crippen LogP contribution in [-0.4, -0.2) is 15.7 Å². The summed E-state index contributed by atoms with van der Waals surface area (Å²) in [4.78, 5) is 24.1. The number of carbonyl (C=O) groups is 1. The molecule has 2 rings (SSSR count). The summed E-state index contributed by atoms with van der Waals surface area (Å²) in [5.41, 5.74) is 1.68. The Balaban J connectivity index is 2.00. The summed E-state index contributed by atoms with van der Waals surface area (Å²) >= 11 is 11.5. The number of hydrogen-bond acceptors (Lipinski definition) is 3. The first-order valence-electron chi connectivity index (χ1n) is 8.07. The molecule has 1 aromatic heterocycles. The molecule has 1 N–H and O–H groups in total. The lowest BCUT2D eigenvalue weighted by molar-refractivity contribution is -0.122. The second-order valence-corrected chi connectivity index (χ2v) is 7.18. The van der Waals surface area contributed by atoms with Gasteiger partial charge >= 0.3 is 0 Å². The summed E-state index contributed by atoms with van der Waals surface area (Å²) in [5, 5.41) is 6.60. The van der Waals surface area contributed by atoms with Crippen molar-refractivity contribution >= 4 is 29.1 Å². The van der Waals surface area contributed by atoms with E-state index in [2.05, 4.69) is 36.4 Å². The number of amides is 1. The molecule has 0 fully saturated rings. The van der Waals surface area contributed by atoms with Crippen LogP contribution in [0.4, 0.5) is 0 Å². The van der Waals surface area contributed by atoms with E-state index in [0.717, 1.165) is 16.7 Å². The van der Waals surface area contributed by atoms with Crippen molar-refractivity contribution in [3.05, 3.63) is 62.0 Å². The zero-order valence-electron chi connectivity index (χ0n) is 14.4. The Labute approximate surface area is 157 Å². The fourth-order valence-electron chi connectivity index (χ4n) is 2.48. The van der Waals surface area contributed by atoms with Gasteiger partial charge in [-0.3, -0.25) is 9.59 Å². The zero-order valence-corrected chi connectivity index (χ0v) is 15.9. The number of nitrogens with one attached hydrogen (secondary N) is 1. The van der Waals surface area contributed by atoms with E-state index in [1.165, 1.54) is 11.8 Å². The molecule has 0 aliphatic carbocycles. The Bertz CT molecular complexity index is 801. The molecule has 1 amide bonds. The van der Waals surface area contributed by atoms with E-state index in [-0.39, 0.29) is 28.5 Å². The predicted octanol–water partition coefficient (Wildman–Crippen LogP) is 3.63. The normalized spacial score (nSPS) is 12.2. The van der Waals surface area contributed by atoms with E-state index in [9.17, 15) is 9.59 Å². The van der Waals surface area contributed by atoms with Crippen LogP contribution < -0.4 is 10.9 Å². The molecule has 5 nitrogen and oxygen atoms in total. The Morgan fingerprint density at radius 3 is 2.44 bits per heavy atom. The number of hydrogen-bond donors (Lipinski definition) is 1. The average Bonchev–Trinajstić information content (AvgIpc) is 2.55. The number of nitrogens with zero attached hydrogens (tertiary/aromatic N) is 2. The summed E-state index contributed by atoms with van der Waals surface area (Å²) in [7, 11) is 0. The summed E-state index contributed by atoms with van der Waals surface area (Å²) in [6.07, 6.45) is 2.27. The number of halogens is 2. The van der Waals surface area contributed by atoms with Gasteiger partial charge in [0.25, 0.3) is 5.56 Å². The number of benzene rings is 1. The molecular weight excluding hydrogens is 361 g/mol. The maximum absolute atomic E-state index is 12.2. The van der Waals surface area contributed by atoms with E-state index in [0.29, 0.717) is 5.92 Å². The summed E-state index contributed by atoms with van der Waals surface area (Å²) in [5.74, 6) is 0.270. The van der Waals surface area contributed by atoms with Gasteiger partial charge in [-0.25, -0.2) is 4.68 Å². The molecule has 1 unspecified atom stereocenters. The Hall–Kier alpha value is -1.85. The molecule has 0 bridgehead atoms. The molecule has 1 atom stereocenters. The molecular formula is C18H21Cl2N3O2. The van der Waals surface area contributed by atoms with E-state index in [1.807, 2.05) is 19.1 Å². The van der Waals surface area contributed by atoms with Gasteiger partial charge in [0.15, 0.2) is 0 Å². The standard InChI is InChI=1S/C18H21Cl2N3O2/c1-11(2)8-13-4-6-14(7-5-13)12(3)22-16(24)10-23-18(25)17(20)15(19)9-21-23/h4-7,9,11-12H,8,10H2,1-3H3,(H,22,24). The Kier molecular flexibility index (Phi) is 6.62. The Morgan fingerprint density at radius 1 is 1.20 bits per heavy atom. The average molecular weight is 382 g/mol. The van der Waals surface area contributed by atoms with Crippen LogP contribution in [-0.2, 0) is 17.8 Å². The van der Waals surface area contributed by atoms with Gasteiger partial charge in [0.1, 0.15) is 11.6 Å². The van der Waals surface area contributed by atoms with Crippen molar-refractivity contribution in [1.29, 1.82) is 0 Å². The summed E-state index contributed by atoms with van der Waals surface area (Å²) < 4.78 is 0.988. The summed E-state index contributed by atoms with van der Waals surface area (Å²) in [6.45, 7) is 6.03. The fourth-order valence-corrected chi connectivity index (χ4v) is 2.75. The third kappa shape index (κ3) is 5.31. The van der Waals surface area contributed by atoms with Crippen molar-refractivity contribution in [2.45, 2.75) is 39.8 Å². The molecule has 0 aliphatic rings. The third-order valence-electron chi connectivity index (χ3n) is 3.74. The first kappa shape index (κ1) is 19.5. The highest BCUT2D eigenvalue weighted by Gasteiger charge is 2.13. The minimum Gasteiger partial charge on any atom is -0.348 e. The largest absolute Gasteiger partial charge is 0.348 e. The van der Waals surface area contributed by atoms with Gasteiger partial charge in [-0.2, -0.15) is 5.10 Å². The van der Waals surface area contributed by atoms with Crippen LogP contribution in [0.2, 0.25) is 10.0 Å². The lowest BCUT2D eigenvalue weighted by atomic mass is 10.00. The van der Waals surface area contributed by atoms with Gasteiger partial charge in [-0.05, 0) is 30.4 Å². The van der Waals surface area contributed by atoms with E-state index < -0.39 is 5.56 Å². The minimum absolute atomic E-state index is 0.0678. The lowest BCUT2D eigenvalue weighted by Gasteiger charge is -2.15. The monoisotopic (exact) mass is 381 g/mol. The molecule has 0 radical (unpaired) electrons. The molecule has 1 heterocycles. The first-order valence-corrected chi connectivity index (χ1v) is 8.82. The minimum atomic E-state index is -0.588. The molecule has 1 aromatic carbocycles. The lowest BCUT2D eigenvalue weighted by Crippen LogP contribution is -2.35. The third-order valence-corrected chi connectivity index (χ3v) is 4.49. The second kappa shape index (κ2) is 8.50. The maximum Gasteiger partial charge on any atom is 0.287 e. The van der Waals surface area contributed by atoms with Crippen LogP contribution in [0.25, 0.3) is 0 Å². The maximum atomic E-state index is 12.2. The first-order chi connectivity index (χ1) is 11.8. The van der Waals surface area contributed by atoms with Gasteiger partial charge in [-0.15, -0.1) is 0 Å². The van der Waals surface area contributed by atoms with Crippen LogP contribution in [0.5, 0.6) is 0 Å². The number of carbonyl (C=O) groups excluding carboxylic acids is 1. The molecule has 0 saturated heterocycles. The van der Waals surface area contributed by atoms with E-state index >= 15 is 0 Å². The summed E-state index contributed by atoms with van der Waals surface area (Å²) in [6, 6.07) is 7.98. The van der Waals surface area contributed by atoms with Crippen LogP contribution in [0.15, 0.2) is 35.3 Å². The Morgan fingerprint density at radius 2 is 1.84 bits per heavy atom. The molecule has 0 aliphatic heterocycles. The highest BCUT2D eigenvalue weighted by atomic mass is 35.5. The van der Waals surface area contributed by atoms with Crippen molar-refractivity contribution in [2.24, 2.45) is 5.92 Å². The van der Waals surface area contributed by atoms with E-state index in [1.54, 1.807) is 0 Å². The van der Waals surface area contributed by atoms with Crippen molar-refractivity contribution in [1.82, 2.24) is 15.1 Å². The molecule has 7 heteroatoms. The smallest absolute Gasteiger partial charge is 0.287 e. The van der Waals surface area contributed by atoms with Crippen LogP contribution in [0.3, 0.4) is 0 Å². The molecule has 0 saturated carbocycles. The number of aromatic nitrogens is 2. The quantitative estimate of drug-likeness (QED) is 0.830. The number of rotatable bonds is 6. The van der Waals surface area contributed by atoms with Crippen LogP contribution in [0.1, 0.15) is 37.9 Å². The van der Waals surface area contributed by atoms with Crippen LogP contribution >= 0.6 is 23.2 Å². The van der Waals surface area contributed by atoms with Crippen molar-refractivity contribution in [2.75, 3.05) is 0 Å². The highest BCUT2D eigenvalue weighted by Crippen LogP contribution is 2.16. The van der Waals surface area contributed by atoms with Gasteiger partial charge in [0.2, 0.25) is 5.91 Å². The fraction of sp³-hybridized carbons (Fsp3) is 0.389. The van der Waals surface area contributed by atoms with Crippen molar-refractivity contribution < 1.29 is 4.79 Å². The molecule has 0 spiro atoms. The second-order valence-electron chi connectivity index (χ2n) is 6.40. The SMILES string of the molecule is CC(C)Cc1ccc(C(C)NC(=O)Cn2ncc(Cl)c(Cl)c2=O)cc1. The predicted molar refractivity (Wildman–Crippen MR) is 100 cm³/mol. The van der Waals surface area contributed by atoms with Gasteiger partial charge in [0, 0.05) is 0 Å². The van der Waals surface area contributed by atoms with E-state index in [4.69, 9.17) is 23.2 Å². The molecule has 25 heavy (non-hydrogen) atoms. The van der Waals surface area contributed by atoms with Crippen molar-refractivity contribution in [3.8, 4) is 0 Å². The van der Waals surface area contributed by atoms with Gasteiger partial charge in [0.05, 0.1) is 17.3 Å². The molecule has 134 valence electrons. The molecule has 2 aromatic rings. The van der Waals surface area contributed by atoms with Crippen LogP contribution in [0, 0.1) is 5.92 Å². The van der Waals surface area contributed by atoms with Crippen molar-refractivity contribution in [3.63, 3.8) is 0 Å².